The predicted octanol–water partition coefficient (Wildman–Crippen LogP) is 0.400. The van der Waals surface area contributed by atoms with Gasteiger partial charge in [0.1, 0.15) is 12.2 Å². The van der Waals surface area contributed by atoms with Gasteiger partial charge < -0.3 is 19.3 Å². The molecule has 0 spiro atoms. The van der Waals surface area contributed by atoms with Gasteiger partial charge in [-0.25, -0.2) is 9.18 Å². The largest absolute Gasteiger partial charge is 0.467 e. The minimum atomic E-state index is -2.51. The average Bonchev–Trinajstić information content (AvgIpc) is 2.56. The minimum absolute atomic E-state index is 0.0324. The number of hydrogen-bond acceptors (Lipinski definition) is 5. The highest BCUT2D eigenvalue weighted by molar-refractivity contribution is 5.79. The van der Waals surface area contributed by atoms with Crippen LogP contribution in [0.2, 0.25) is 0 Å². The molecular formula is C10H17FO5. The maximum absolute atomic E-state index is 13.9. The molecule has 3 atom stereocenters. The van der Waals surface area contributed by atoms with Gasteiger partial charge >= 0.3 is 5.97 Å². The lowest BCUT2D eigenvalue weighted by Gasteiger charge is -2.27. The van der Waals surface area contributed by atoms with Crippen molar-refractivity contribution in [3.05, 3.63) is 0 Å². The lowest BCUT2D eigenvalue weighted by atomic mass is 9.97. The molecular weight excluding hydrogens is 219 g/mol. The minimum Gasteiger partial charge on any atom is -0.467 e. The highest BCUT2D eigenvalue weighted by Crippen LogP contribution is 2.30. The first kappa shape index (κ1) is 13.3. The van der Waals surface area contributed by atoms with Crippen LogP contribution in [0.25, 0.3) is 0 Å². The van der Waals surface area contributed by atoms with E-state index in [1.54, 1.807) is 13.8 Å². The number of alkyl halides is 1. The molecule has 0 aromatic carbocycles. The van der Waals surface area contributed by atoms with Gasteiger partial charge in [-0.2, -0.15) is 0 Å². The second kappa shape index (κ2) is 4.27. The zero-order valence-corrected chi connectivity index (χ0v) is 9.82. The Morgan fingerprint density at radius 1 is 1.69 bits per heavy atom. The first-order chi connectivity index (χ1) is 7.20. The third kappa shape index (κ3) is 2.50. The van der Waals surface area contributed by atoms with Crippen molar-refractivity contribution in [2.45, 2.75) is 44.4 Å². The summed E-state index contributed by atoms with van der Waals surface area (Å²) in [6, 6.07) is 0. The maximum Gasteiger partial charge on any atom is 0.346 e. The van der Waals surface area contributed by atoms with E-state index in [2.05, 4.69) is 4.74 Å². The standard InChI is InChI=1S/C10H17FO5/c1-9(2)15-5-6(16-9)7(12)10(3,11)8(13)14-4/h6-7,12H,5H2,1-4H3/t6-,7-,10+/m1/s1. The van der Waals surface area contributed by atoms with E-state index in [1.165, 1.54) is 0 Å². The first-order valence-electron chi connectivity index (χ1n) is 4.98. The number of carbonyl (C=O) groups is 1. The summed E-state index contributed by atoms with van der Waals surface area (Å²) < 4.78 is 28.7. The third-order valence-corrected chi connectivity index (χ3v) is 2.52. The van der Waals surface area contributed by atoms with Crippen LogP contribution in [0, 0.1) is 0 Å². The number of rotatable bonds is 3. The van der Waals surface area contributed by atoms with E-state index in [0.29, 0.717) is 0 Å². The molecule has 0 aromatic rings. The molecule has 1 heterocycles. The van der Waals surface area contributed by atoms with Crippen molar-refractivity contribution in [3.63, 3.8) is 0 Å². The molecule has 1 aliphatic rings. The number of halogens is 1. The fraction of sp³-hybridized carbons (Fsp3) is 0.900. The van der Waals surface area contributed by atoms with Gasteiger partial charge in [0.2, 0.25) is 5.67 Å². The molecule has 0 unspecified atom stereocenters. The Balaban J connectivity index is 2.71. The molecule has 1 aliphatic heterocycles. The van der Waals surface area contributed by atoms with Crippen molar-refractivity contribution in [1.82, 2.24) is 0 Å². The molecule has 0 radical (unpaired) electrons. The molecule has 1 fully saturated rings. The van der Waals surface area contributed by atoms with E-state index in [9.17, 15) is 14.3 Å². The highest BCUT2D eigenvalue weighted by atomic mass is 19.1. The molecule has 16 heavy (non-hydrogen) atoms. The topological polar surface area (TPSA) is 65.0 Å². The Labute approximate surface area is 93.5 Å². The van der Waals surface area contributed by atoms with E-state index in [4.69, 9.17) is 9.47 Å². The van der Waals surface area contributed by atoms with Gasteiger partial charge in [-0.3, -0.25) is 0 Å². The zero-order valence-electron chi connectivity index (χ0n) is 9.82. The lowest BCUT2D eigenvalue weighted by Crippen LogP contribution is -2.51. The monoisotopic (exact) mass is 236 g/mol. The Bertz CT molecular complexity index is 276. The van der Waals surface area contributed by atoms with Crippen molar-refractivity contribution in [2.75, 3.05) is 13.7 Å². The van der Waals surface area contributed by atoms with Crippen LogP contribution in [0.1, 0.15) is 20.8 Å². The Morgan fingerprint density at radius 2 is 2.25 bits per heavy atom. The van der Waals surface area contributed by atoms with Crippen LogP contribution in [0.5, 0.6) is 0 Å². The second-order valence-electron chi connectivity index (χ2n) is 4.38. The van der Waals surface area contributed by atoms with Crippen molar-refractivity contribution in [1.29, 1.82) is 0 Å². The lowest BCUT2D eigenvalue weighted by molar-refractivity contribution is -0.181. The molecule has 0 saturated carbocycles. The summed E-state index contributed by atoms with van der Waals surface area (Å²) in [5, 5.41) is 9.73. The molecule has 1 N–H and O–H groups in total. The normalized spacial score (nSPS) is 29.5. The molecule has 94 valence electrons. The van der Waals surface area contributed by atoms with Crippen LogP contribution in [-0.2, 0) is 19.0 Å². The molecule has 6 heteroatoms. The SMILES string of the molecule is COC(=O)[C@@](C)(F)[C@H](O)[C@H]1COC(C)(C)O1. The number of ether oxygens (including phenoxy) is 3. The van der Waals surface area contributed by atoms with Gasteiger partial charge in [-0.05, 0) is 20.8 Å². The molecule has 0 bridgehead atoms. The van der Waals surface area contributed by atoms with Gasteiger partial charge in [0.05, 0.1) is 13.7 Å². The second-order valence-corrected chi connectivity index (χ2v) is 4.38. The van der Waals surface area contributed by atoms with Crippen molar-refractivity contribution < 1.29 is 28.5 Å². The molecule has 5 nitrogen and oxygen atoms in total. The fourth-order valence-corrected chi connectivity index (χ4v) is 1.54. The number of aliphatic hydroxyl groups is 1. The van der Waals surface area contributed by atoms with E-state index in [0.717, 1.165) is 14.0 Å². The number of carbonyl (C=O) groups excluding carboxylic acids is 1. The molecule has 1 saturated heterocycles. The smallest absolute Gasteiger partial charge is 0.346 e. The van der Waals surface area contributed by atoms with Gasteiger partial charge in [0.15, 0.2) is 5.79 Å². The van der Waals surface area contributed by atoms with Crippen LogP contribution in [0.15, 0.2) is 0 Å². The quantitative estimate of drug-likeness (QED) is 0.718. The highest BCUT2D eigenvalue weighted by Gasteiger charge is 2.50. The van der Waals surface area contributed by atoms with Gasteiger partial charge in [-0.15, -0.1) is 0 Å². The van der Waals surface area contributed by atoms with E-state index in [-0.39, 0.29) is 6.61 Å². The van der Waals surface area contributed by atoms with Crippen LogP contribution in [-0.4, -0.2) is 48.5 Å². The van der Waals surface area contributed by atoms with Crippen molar-refractivity contribution in [3.8, 4) is 0 Å². The molecule has 0 aromatic heterocycles. The number of esters is 1. The van der Waals surface area contributed by atoms with Crippen LogP contribution in [0.3, 0.4) is 0 Å². The van der Waals surface area contributed by atoms with Crippen LogP contribution in [0.4, 0.5) is 4.39 Å². The predicted molar refractivity (Wildman–Crippen MR) is 52.4 cm³/mol. The van der Waals surface area contributed by atoms with E-state index >= 15 is 0 Å². The Morgan fingerprint density at radius 3 is 2.62 bits per heavy atom. The fourth-order valence-electron chi connectivity index (χ4n) is 1.54. The zero-order chi connectivity index (χ0) is 12.6. The summed E-state index contributed by atoms with van der Waals surface area (Å²) in [5.74, 6) is -2.01. The van der Waals surface area contributed by atoms with Crippen molar-refractivity contribution >= 4 is 5.97 Å². The summed E-state index contributed by atoms with van der Waals surface area (Å²) in [7, 11) is 1.06. The average molecular weight is 236 g/mol. The van der Waals surface area contributed by atoms with Gasteiger partial charge in [-0.1, -0.05) is 0 Å². The Kier molecular flexibility index (Phi) is 3.56. The number of hydrogen-bond donors (Lipinski definition) is 1. The third-order valence-electron chi connectivity index (χ3n) is 2.52. The van der Waals surface area contributed by atoms with Crippen LogP contribution >= 0.6 is 0 Å². The summed E-state index contributed by atoms with van der Waals surface area (Å²) in [6.07, 6.45) is -2.51. The summed E-state index contributed by atoms with van der Waals surface area (Å²) in [4.78, 5) is 11.1. The molecule has 1 rings (SSSR count). The Hall–Kier alpha value is -0.720. The summed E-state index contributed by atoms with van der Waals surface area (Å²) in [6.45, 7) is 4.28. The van der Waals surface area contributed by atoms with Crippen molar-refractivity contribution in [2.24, 2.45) is 0 Å². The van der Waals surface area contributed by atoms with Gasteiger partial charge in [0.25, 0.3) is 0 Å². The number of methoxy groups -OCH3 is 1. The number of aliphatic hydroxyl groups excluding tert-OH is 1. The summed E-state index contributed by atoms with van der Waals surface area (Å²) >= 11 is 0. The van der Waals surface area contributed by atoms with Crippen LogP contribution < -0.4 is 0 Å². The summed E-state index contributed by atoms with van der Waals surface area (Å²) in [5.41, 5.74) is -2.51. The van der Waals surface area contributed by atoms with E-state index in [1.807, 2.05) is 0 Å². The molecule has 0 aliphatic carbocycles. The van der Waals surface area contributed by atoms with Gasteiger partial charge in [0, 0.05) is 0 Å². The first-order valence-corrected chi connectivity index (χ1v) is 4.98. The molecule has 0 amide bonds. The van der Waals surface area contributed by atoms with E-state index < -0.39 is 29.6 Å². The maximum atomic E-state index is 13.9.